The van der Waals surface area contributed by atoms with Gasteiger partial charge in [0.1, 0.15) is 53.4 Å². The number of methoxy groups -OCH3 is 2. The summed E-state index contributed by atoms with van der Waals surface area (Å²) in [5, 5.41) is 5.28. The number of ether oxygens (including phenoxy) is 5. The quantitative estimate of drug-likeness (QED) is 0.0391. The number of carbonyl (C=O) groups is 2. The van der Waals surface area contributed by atoms with Crippen molar-refractivity contribution in [2.45, 2.75) is 94.2 Å². The van der Waals surface area contributed by atoms with E-state index in [0.717, 1.165) is 16.7 Å². The fraction of sp³-hybridized carbons (Fsp3) is 0.333. The van der Waals surface area contributed by atoms with Crippen molar-refractivity contribution in [1.29, 1.82) is 0 Å². The Morgan fingerprint density at radius 1 is 0.613 bits per heavy atom. The molecule has 20 heteroatoms. The van der Waals surface area contributed by atoms with E-state index in [-0.39, 0.29) is 36.3 Å². The number of rotatable bonds is 21. The van der Waals surface area contributed by atoms with E-state index in [1.165, 1.54) is 9.13 Å². The molecule has 2 amide bonds. The fourth-order valence-corrected chi connectivity index (χ4v) is 11.9. The number of hydrogen-bond acceptors (Lipinski definition) is 14. The molecular weight excluding hydrogens is 1060 g/mol. The Morgan fingerprint density at radius 3 is 1.48 bits per heavy atom. The van der Waals surface area contributed by atoms with Crippen molar-refractivity contribution in [3.05, 3.63) is 213 Å². The molecule has 2 aliphatic heterocycles. The molecule has 18 nitrogen and oxygen atoms in total. The van der Waals surface area contributed by atoms with Gasteiger partial charge in [0.2, 0.25) is 0 Å². The molecular formula is C60H67N6O12PSi. The molecule has 2 aliphatic rings. The van der Waals surface area contributed by atoms with E-state index < -0.39 is 82.4 Å². The van der Waals surface area contributed by atoms with Crippen LogP contribution in [0.4, 0.5) is 11.6 Å². The third-order valence-electron chi connectivity index (χ3n) is 14.8. The number of aromatic nitrogens is 4. The monoisotopic (exact) mass is 1120 g/mol. The highest BCUT2D eigenvalue weighted by molar-refractivity contribution is 7.46. The van der Waals surface area contributed by atoms with Crippen LogP contribution in [0.2, 0.25) is 18.1 Å². The highest BCUT2D eigenvalue weighted by Crippen LogP contribution is 2.47. The van der Waals surface area contributed by atoms with E-state index in [2.05, 4.69) is 54.5 Å². The Balaban J connectivity index is 0.984. The minimum absolute atomic E-state index is 0.0297. The second-order valence-electron chi connectivity index (χ2n) is 21.0. The molecule has 7 aromatic rings. The van der Waals surface area contributed by atoms with Crippen molar-refractivity contribution in [1.82, 2.24) is 19.1 Å². The zero-order valence-corrected chi connectivity index (χ0v) is 47.9. The normalized spacial score (nSPS) is 19.8. The Kier molecular flexibility index (Phi) is 18.0. The van der Waals surface area contributed by atoms with E-state index in [4.69, 9.17) is 37.2 Å². The maximum Gasteiger partial charge on any atom is 0.351 e. The predicted octanol–water partition coefficient (Wildman–Crippen LogP) is 10.3. The number of amides is 2. The molecule has 7 atom stereocenters. The van der Waals surface area contributed by atoms with Gasteiger partial charge in [-0.3, -0.25) is 18.7 Å². The van der Waals surface area contributed by atoms with Crippen molar-refractivity contribution in [2.75, 3.05) is 44.7 Å². The predicted molar refractivity (Wildman–Crippen MR) is 307 cm³/mol. The lowest BCUT2D eigenvalue weighted by molar-refractivity contribution is -0.0921. The molecule has 2 saturated heterocycles. The summed E-state index contributed by atoms with van der Waals surface area (Å²) in [6.07, 6.45) is -0.536. The molecule has 0 saturated carbocycles. The number of anilines is 2. The fourth-order valence-electron chi connectivity index (χ4n) is 9.47. The van der Waals surface area contributed by atoms with E-state index in [9.17, 15) is 19.2 Å². The van der Waals surface area contributed by atoms with Crippen LogP contribution < -0.4 is 31.5 Å². The van der Waals surface area contributed by atoms with Crippen LogP contribution in [-0.2, 0) is 33.3 Å². The molecule has 2 aromatic heterocycles. The molecule has 9 rings (SSSR count). The van der Waals surface area contributed by atoms with Crippen LogP contribution in [0.25, 0.3) is 0 Å². The maximum absolute atomic E-state index is 13.9. The van der Waals surface area contributed by atoms with Gasteiger partial charge in [-0.05, 0) is 95.5 Å². The van der Waals surface area contributed by atoms with Gasteiger partial charge in [0.15, 0.2) is 16.7 Å². The Hall–Kier alpha value is -7.19. The Morgan fingerprint density at radius 2 is 1.04 bits per heavy atom. The number of nitrogens with one attached hydrogen (secondary N) is 2. The van der Waals surface area contributed by atoms with Crippen LogP contribution >= 0.6 is 8.38 Å². The van der Waals surface area contributed by atoms with Crippen molar-refractivity contribution >= 4 is 40.1 Å². The second kappa shape index (κ2) is 25.1. The van der Waals surface area contributed by atoms with E-state index in [1.54, 1.807) is 87.3 Å². The smallest absolute Gasteiger partial charge is 0.351 e. The summed E-state index contributed by atoms with van der Waals surface area (Å²) in [7, 11) is -0.856. The number of carbonyl (C=O) groups excluding carboxylic acids is 2. The zero-order valence-electron chi connectivity index (χ0n) is 46.0. The van der Waals surface area contributed by atoms with Crippen LogP contribution in [0.3, 0.4) is 0 Å². The third-order valence-corrected chi connectivity index (χ3v) is 20.4. The summed E-state index contributed by atoms with van der Waals surface area (Å²) < 4.78 is 55.2. The van der Waals surface area contributed by atoms with E-state index in [1.807, 2.05) is 97.7 Å². The van der Waals surface area contributed by atoms with Gasteiger partial charge in [-0.25, -0.2) is 9.59 Å². The molecule has 1 unspecified atom stereocenters. The van der Waals surface area contributed by atoms with E-state index >= 15 is 0 Å². The topological polar surface area (TPSA) is 202 Å². The molecule has 2 fully saturated rings. The summed E-state index contributed by atoms with van der Waals surface area (Å²) in [4.78, 5) is 61.9. The number of benzene rings is 5. The highest BCUT2D eigenvalue weighted by Gasteiger charge is 2.47. The van der Waals surface area contributed by atoms with Gasteiger partial charge in [0.25, 0.3) is 11.8 Å². The summed E-state index contributed by atoms with van der Waals surface area (Å²) in [6.45, 7) is 12.7. The molecule has 0 bridgehead atoms. The largest absolute Gasteiger partial charge is 0.497 e. The molecule has 0 radical (unpaired) electrons. The summed E-state index contributed by atoms with van der Waals surface area (Å²) in [5.74, 6) is 0.736. The van der Waals surface area contributed by atoms with Crippen molar-refractivity contribution in [2.24, 2.45) is 0 Å². The van der Waals surface area contributed by atoms with Gasteiger partial charge in [0.05, 0.1) is 39.6 Å². The first-order chi connectivity index (χ1) is 38.4. The molecule has 2 N–H and O–H groups in total. The van der Waals surface area contributed by atoms with Crippen LogP contribution in [0.1, 0.15) is 83.5 Å². The van der Waals surface area contributed by atoms with Crippen molar-refractivity contribution in [3.8, 4) is 11.5 Å². The third kappa shape index (κ3) is 13.2. The first kappa shape index (κ1) is 57.5. The molecule has 5 aromatic carbocycles. The second-order valence-corrected chi connectivity index (χ2v) is 27.1. The number of nitrogens with zero attached hydrogens (tertiary/aromatic N) is 4. The van der Waals surface area contributed by atoms with Gasteiger partial charge in [-0.2, -0.15) is 9.97 Å². The molecule has 80 heavy (non-hydrogen) atoms. The van der Waals surface area contributed by atoms with Gasteiger partial charge in [-0.1, -0.05) is 112 Å². The molecule has 0 aliphatic carbocycles. The molecule has 418 valence electrons. The summed E-state index contributed by atoms with van der Waals surface area (Å²) >= 11 is 0. The van der Waals surface area contributed by atoms with Crippen LogP contribution in [-0.4, -0.2) is 97.7 Å². The Bertz CT molecular complexity index is 3280. The van der Waals surface area contributed by atoms with E-state index in [0.29, 0.717) is 29.0 Å². The van der Waals surface area contributed by atoms with Crippen molar-refractivity contribution < 1.29 is 46.7 Å². The van der Waals surface area contributed by atoms with Gasteiger partial charge >= 0.3 is 11.4 Å². The minimum atomic E-state index is -2.40. The lowest BCUT2D eigenvalue weighted by atomic mass is 9.80. The minimum Gasteiger partial charge on any atom is -0.497 e. The number of hydrogen-bond donors (Lipinski definition) is 2. The van der Waals surface area contributed by atoms with Crippen LogP contribution in [0.5, 0.6) is 11.5 Å². The SMILES string of the molecule is COc1ccc(C(OC[C@H]2O[C@@H](n3ccc(NC(=O)c4ccccc4)nc3=O)C[C@@H]2OP(C)OC[C@H]2O[C@@H](n3ccc(NC(=O)c4ccccc4)nc3=O)C[C@@H]2O[Si](C)(C)C(C)(C)C)(c2ccccc2)c2ccc(OC)cc2)cc1. The van der Waals surface area contributed by atoms with Crippen molar-refractivity contribution in [3.63, 3.8) is 0 Å². The van der Waals surface area contributed by atoms with Crippen LogP contribution in [0.15, 0.2) is 174 Å². The van der Waals surface area contributed by atoms with Gasteiger partial charge in [-0.15, -0.1) is 0 Å². The summed E-state index contributed by atoms with van der Waals surface area (Å²) in [6, 6.07) is 45.8. The Labute approximate surface area is 467 Å². The first-order valence-electron chi connectivity index (χ1n) is 26.4. The average Bonchev–Trinajstić information content (AvgIpc) is 4.11. The highest BCUT2D eigenvalue weighted by atomic mass is 31.2. The van der Waals surface area contributed by atoms with Gasteiger partial charge < -0.3 is 47.8 Å². The molecule has 4 heterocycles. The maximum atomic E-state index is 13.9. The standard InChI is InChI=1S/C60H67N6O12PSi/c1-59(2,3)80(7,8)78-48-37-54(66-35-33-52(64-58(66)70)62-56(68)41-20-14-10-15-21-41)76-50(48)39-74-79(6)77-47-36-53(65-34-32-51(63-57(65)69)61-55(67)40-18-12-9-13-19-40)75-49(47)38-73-60(42-22-16-11-17-23-42,43-24-28-45(71-4)29-25-43)44-26-30-46(72-5)31-27-44/h9-35,47-50,53-54H,36-39H2,1-8H3,(H,61,63,67,69)(H,62,64,68,70)/t47-,48-,49+,50+,53+,54+,79?/m0/s1. The van der Waals surface area contributed by atoms with Gasteiger partial charge in [0, 0.05) is 43.0 Å². The zero-order chi connectivity index (χ0) is 56.6. The summed E-state index contributed by atoms with van der Waals surface area (Å²) in [5.41, 5.74) is 0.846. The average molecular weight is 1120 g/mol. The lowest BCUT2D eigenvalue weighted by Gasteiger charge is -2.39. The lowest BCUT2D eigenvalue weighted by Crippen LogP contribution is -2.46. The first-order valence-corrected chi connectivity index (χ1v) is 30.9. The molecule has 0 spiro atoms. The van der Waals surface area contributed by atoms with Crippen LogP contribution in [0, 0.1) is 0 Å².